The molecule has 1 aromatic rings. The molecule has 5 atom stereocenters. The van der Waals surface area contributed by atoms with E-state index >= 15 is 0 Å². The first-order valence-electron chi connectivity index (χ1n) is 39.6. The summed E-state index contributed by atoms with van der Waals surface area (Å²) in [7, 11) is 1.66. The molecule has 0 aliphatic carbocycles. The number of aliphatic carboxylic acids is 1. The number of unbranched alkanes of at least 4 members (excludes halogenated alkanes) is 14. The van der Waals surface area contributed by atoms with Gasteiger partial charge in [-0.1, -0.05) is 96.1 Å². The number of nitrogens with two attached hydrogens (primary N) is 3. The molecule has 32 heteroatoms. The largest absolute Gasteiger partial charge is 0.508 e. The molecule has 14 N–H and O–H groups in total. The van der Waals surface area contributed by atoms with Gasteiger partial charge in [-0.3, -0.25) is 62.5 Å². The number of carboxylic acid groups (broad SMARTS) is 1. The van der Waals surface area contributed by atoms with Crippen LogP contribution in [0.2, 0.25) is 0 Å². The lowest BCUT2D eigenvalue weighted by Gasteiger charge is -2.27. The summed E-state index contributed by atoms with van der Waals surface area (Å²) in [5.74, 6) is -5.72. The van der Waals surface area contributed by atoms with Crippen LogP contribution in [-0.2, 0) is 102 Å². The first kappa shape index (κ1) is 101. The average Bonchev–Trinajstić information content (AvgIpc) is 0.844. The number of amides is 6. The molecule has 0 spiro atoms. The average molecular weight is 1560 g/mol. The Kier molecular flexibility index (Phi) is 62.5. The molecule has 110 heavy (non-hydrogen) atoms. The van der Waals surface area contributed by atoms with Crippen LogP contribution in [0.15, 0.2) is 29.3 Å². The summed E-state index contributed by atoms with van der Waals surface area (Å²) in [4.78, 5) is 153. The number of rotatable bonds is 78. The van der Waals surface area contributed by atoms with E-state index in [4.69, 9.17) is 60.2 Å². The number of likely N-dealkylation sites (N-methyl/N-ethyl adjacent to an activating group) is 1. The van der Waals surface area contributed by atoms with Gasteiger partial charge in [0.25, 0.3) is 0 Å². The fourth-order valence-corrected chi connectivity index (χ4v) is 11.6. The predicted octanol–water partition coefficient (Wildman–Crippen LogP) is 4.50. The third kappa shape index (κ3) is 59.4. The number of primary amides is 1. The summed E-state index contributed by atoms with van der Waals surface area (Å²) in [6.07, 6.45) is 20.7. The maximum absolute atomic E-state index is 13.8. The number of ether oxygens (including phenoxy) is 8. The molecule has 1 unspecified atom stereocenters. The van der Waals surface area contributed by atoms with E-state index < -0.39 is 47.6 Å². The zero-order valence-corrected chi connectivity index (χ0v) is 66.0. The van der Waals surface area contributed by atoms with Crippen molar-refractivity contribution in [1.82, 2.24) is 31.9 Å². The summed E-state index contributed by atoms with van der Waals surface area (Å²) >= 11 is 0. The second-order valence-corrected chi connectivity index (χ2v) is 27.4. The zero-order valence-electron chi connectivity index (χ0n) is 66.0. The van der Waals surface area contributed by atoms with E-state index in [1.807, 2.05) is 0 Å². The van der Waals surface area contributed by atoms with Crippen LogP contribution in [0.4, 0.5) is 0 Å². The minimum atomic E-state index is -1.06. The molecule has 0 saturated carbocycles. The van der Waals surface area contributed by atoms with Gasteiger partial charge in [-0.25, -0.2) is 0 Å². The smallest absolute Gasteiger partial charge is 0.303 e. The highest BCUT2D eigenvalue weighted by molar-refractivity contribution is 5.94. The van der Waals surface area contributed by atoms with Crippen LogP contribution < -0.4 is 49.1 Å². The summed E-state index contributed by atoms with van der Waals surface area (Å²) in [6.45, 7) is 6.50. The van der Waals surface area contributed by atoms with Crippen LogP contribution >= 0.6 is 0 Å². The number of phenolic OH excluding ortho intramolecular Hbond substituents is 1. The Bertz CT molecular complexity index is 2760. The molecule has 0 radical (unpaired) electrons. The van der Waals surface area contributed by atoms with Crippen LogP contribution in [0.3, 0.4) is 0 Å². The maximum Gasteiger partial charge on any atom is 0.303 e. The minimum absolute atomic E-state index is 0.0224. The van der Waals surface area contributed by atoms with Gasteiger partial charge in [-0.05, 0) is 95.9 Å². The van der Waals surface area contributed by atoms with E-state index in [-0.39, 0.29) is 241 Å². The van der Waals surface area contributed by atoms with Gasteiger partial charge < -0.3 is 97.2 Å². The lowest BCUT2D eigenvalue weighted by atomic mass is 9.82. The zero-order chi connectivity index (χ0) is 81.0. The summed E-state index contributed by atoms with van der Waals surface area (Å²) in [6, 6.07) is 4.51. The molecule has 0 saturated heterocycles. The summed E-state index contributed by atoms with van der Waals surface area (Å²) in [5.41, 5.74) is 17.3. The minimum Gasteiger partial charge on any atom is -0.508 e. The molecule has 0 heterocycles. The SMILES string of the molecule is CN[C@@H](CCCCNC(=O)COCCOCCNC(=O)COCCOCCCC(=O)COCCOCCNC(=O)COCCOCCCC(=O)CCNC(=O)CC[C@H](CC(=O)CCCCCCCCCCCCCCCCC(=O)O)C(C)=O)C(=O)C(C)[C@@H](CCCN=C(N)N)C(=O)N[C@@H](Cc1ccc(O)cc1)C(N)=O. The molecule has 1 aromatic carbocycles. The topological polar surface area (TPSA) is 482 Å². The highest BCUT2D eigenvalue weighted by atomic mass is 16.5. The maximum atomic E-state index is 13.8. The molecule has 0 fully saturated rings. The number of nitrogens with zero attached hydrogens (tertiary/aromatic N) is 1. The fourth-order valence-electron chi connectivity index (χ4n) is 11.6. The molecule has 628 valence electrons. The van der Waals surface area contributed by atoms with Crippen LogP contribution in [-0.4, -0.2) is 244 Å². The van der Waals surface area contributed by atoms with E-state index in [0.29, 0.717) is 70.3 Å². The van der Waals surface area contributed by atoms with Crippen molar-refractivity contribution < 1.29 is 106 Å². The van der Waals surface area contributed by atoms with Gasteiger partial charge in [0.15, 0.2) is 17.5 Å². The predicted molar refractivity (Wildman–Crippen MR) is 413 cm³/mol. The molecule has 32 nitrogen and oxygen atoms in total. The molecular weight excluding hydrogens is 1430 g/mol. The highest BCUT2D eigenvalue weighted by Crippen LogP contribution is 2.24. The molecule has 1 rings (SSSR count). The molecule has 0 aliphatic heterocycles. The Labute approximate surface area is 650 Å². The van der Waals surface area contributed by atoms with Crippen molar-refractivity contribution in [2.75, 3.05) is 145 Å². The number of carbonyl (C=O) groups is 12. The number of benzene rings is 1. The van der Waals surface area contributed by atoms with Crippen molar-refractivity contribution in [3.8, 4) is 5.75 Å². The van der Waals surface area contributed by atoms with Crippen molar-refractivity contribution >= 4 is 76.3 Å². The van der Waals surface area contributed by atoms with E-state index in [1.165, 1.54) is 64.0 Å². The van der Waals surface area contributed by atoms with E-state index in [0.717, 1.165) is 44.9 Å². The summed E-state index contributed by atoms with van der Waals surface area (Å²) < 4.78 is 43.4. The van der Waals surface area contributed by atoms with Crippen LogP contribution in [0.25, 0.3) is 0 Å². The van der Waals surface area contributed by atoms with Gasteiger partial charge >= 0.3 is 5.97 Å². The number of aliphatic imine (C=N–C) groups is 1. The lowest BCUT2D eigenvalue weighted by molar-refractivity contribution is -0.137. The second kappa shape index (κ2) is 68.4. The van der Waals surface area contributed by atoms with Crippen molar-refractivity contribution in [2.24, 2.45) is 39.9 Å². The molecule has 0 aliphatic rings. The molecule has 0 aromatic heterocycles. The first-order valence-corrected chi connectivity index (χ1v) is 39.6. The van der Waals surface area contributed by atoms with Gasteiger partial charge in [0.05, 0.1) is 72.1 Å². The third-order valence-corrected chi connectivity index (χ3v) is 18.0. The van der Waals surface area contributed by atoms with Crippen molar-refractivity contribution in [2.45, 2.75) is 219 Å². The van der Waals surface area contributed by atoms with Crippen LogP contribution in [0.1, 0.15) is 206 Å². The fraction of sp³-hybridized carbons (Fsp3) is 0.756. The number of carboxylic acids is 1. The number of Topliss-reactive ketones (excluding diaryl/α,β-unsaturated/α-hetero) is 5. The van der Waals surface area contributed by atoms with E-state index in [9.17, 15) is 62.6 Å². The van der Waals surface area contributed by atoms with Crippen molar-refractivity contribution in [3.63, 3.8) is 0 Å². The second-order valence-electron chi connectivity index (χ2n) is 27.4. The Morgan fingerprint density at radius 2 is 0.891 bits per heavy atom. The Morgan fingerprint density at radius 3 is 1.38 bits per heavy atom. The number of hydrogen-bond donors (Lipinski definition) is 11. The first-order chi connectivity index (χ1) is 53.0. The van der Waals surface area contributed by atoms with Gasteiger partial charge in [-0.2, -0.15) is 0 Å². The molecule has 6 amide bonds. The number of nitrogens with one attached hydrogen (secondary N) is 6. The van der Waals surface area contributed by atoms with Gasteiger partial charge in [0.1, 0.15) is 55.6 Å². The summed E-state index contributed by atoms with van der Waals surface area (Å²) in [5, 5.41) is 35.0. The standard InChI is InChI=1S/C78H134N10O22/c1-59(67(26-20-37-87-78(80)81)77(102)88-69(76(79)101)53-61-29-32-64(91)33-30-61)75(100)68(82-3)27-18-19-36-83-71(95)56-110-52-48-106-44-40-86-73(97)58-109-51-46-104-42-22-25-66(93)55-107-49-47-105-43-39-85-72(96)57-108-50-45-103-41-21-24-63(90)35-38-84-70(94)34-31-62(60(2)89)54-65(92)23-16-14-12-10-8-6-4-5-7-9-11-13-15-17-28-74(98)99/h29-30,32-33,59,62,67-69,82,91H,4-28,31,34-58H2,1-3H3,(H2,79,101)(H,83,95)(H,84,94)(H,85,96)(H,86,97)(H,88,102)(H,98,99)(H4,80,81,87)/t59?,62-,67-,68+,69+/m1/s1. The molecular formula is C78H134N10O22. The van der Waals surface area contributed by atoms with Gasteiger partial charge in [-0.15, -0.1) is 0 Å². The Hall–Kier alpha value is -7.43. The quantitative estimate of drug-likeness (QED) is 0.0243. The highest BCUT2D eigenvalue weighted by Gasteiger charge is 2.35. The Balaban J connectivity index is 1.98. The number of hydrogen-bond acceptors (Lipinski definition) is 23. The number of guanidine groups is 1. The third-order valence-electron chi connectivity index (χ3n) is 18.0. The van der Waals surface area contributed by atoms with Crippen molar-refractivity contribution in [1.29, 1.82) is 0 Å². The van der Waals surface area contributed by atoms with Crippen molar-refractivity contribution in [3.05, 3.63) is 29.8 Å². The van der Waals surface area contributed by atoms with Gasteiger partial charge in [0.2, 0.25) is 35.4 Å². The number of ketones is 5. The van der Waals surface area contributed by atoms with E-state index in [2.05, 4.69) is 36.9 Å². The van der Waals surface area contributed by atoms with E-state index in [1.54, 1.807) is 26.1 Å². The monoisotopic (exact) mass is 1560 g/mol. The normalized spacial score (nSPS) is 12.6. The number of aromatic hydroxyl groups is 1. The van der Waals surface area contributed by atoms with Crippen LogP contribution in [0.5, 0.6) is 5.75 Å². The number of carbonyl (C=O) groups excluding carboxylic acids is 11. The lowest BCUT2D eigenvalue weighted by Crippen LogP contribution is -2.50. The van der Waals surface area contributed by atoms with Gasteiger partial charge in [0, 0.05) is 115 Å². The Morgan fingerprint density at radius 1 is 0.436 bits per heavy atom. The molecule has 0 bridgehead atoms. The number of phenols is 1. The van der Waals surface area contributed by atoms with Crippen LogP contribution in [0, 0.1) is 17.8 Å².